The minimum absolute atomic E-state index is 0.205. The number of hydrogen-bond donors (Lipinski definition) is 0. The Hall–Kier alpha value is -1.40. The van der Waals surface area contributed by atoms with Crippen LogP contribution in [0.15, 0.2) is 6.07 Å². The van der Waals surface area contributed by atoms with E-state index in [1.165, 1.54) is 25.7 Å². The van der Waals surface area contributed by atoms with Crippen LogP contribution in [0.25, 0.3) is 0 Å². The Kier molecular flexibility index (Phi) is 7.08. The van der Waals surface area contributed by atoms with Crippen LogP contribution < -0.4 is 0 Å². The number of morpholine rings is 1. The van der Waals surface area contributed by atoms with Crippen molar-refractivity contribution < 1.29 is 9.53 Å². The molecule has 2 aliphatic rings. The maximum absolute atomic E-state index is 13.3. The highest BCUT2D eigenvalue weighted by Gasteiger charge is 2.26. The van der Waals surface area contributed by atoms with Gasteiger partial charge in [0.1, 0.15) is 0 Å². The van der Waals surface area contributed by atoms with E-state index < -0.39 is 0 Å². The van der Waals surface area contributed by atoms with Crippen LogP contribution in [0.2, 0.25) is 0 Å². The van der Waals surface area contributed by atoms with Gasteiger partial charge >= 0.3 is 0 Å². The van der Waals surface area contributed by atoms with Crippen LogP contribution >= 0.6 is 0 Å². The number of aromatic nitrogens is 2. The zero-order valence-corrected chi connectivity index (χ0v) is 16.5. The summed E-state index contributed by atoms with van der Waals surface area (Å²) in [5, 5.41) is 4.45. The highest BCUT2D eigenvalue weighted by atomic mass is 16.5. The summed E-state index contributed by atoms with van der Waals surface area (Å²) in [4.78, 5) is 17.8. The molecule has 0 radical (unpaired) electrons. The second kappa shape index (κ2) is 9.51. The second-order valence-electron chi connectivity index (χ2n) is 7.80. The summed E-state index contributed by atoms with van der Waals surface area (Å²) in [7, 11) is 1.97. The maximum Gasteiger partial charge on any atom is 0.226 e. The molecule has 1 saturated carbocycles. The SMILES string of the molecule is Cc1cc(CN(CCN2CCOCC2)C(=O)C2CCCCCC2)n(C)n1. The van der Waals surface area contributed by atoms with Crippen molar-refractivity contribution in [1.82, 2.24) is 19.6 Å². The van der Waals surface area contributed by atoms with E-state index >= 15 is 0 Å². The minimum Gasteiger partial charge on any atom is -0.379 e. The van der Waals surface area contributed by atoms with E-state index in [2.05, 4.69) is 21.0 Å². The third-order valence-electron chi connectivity index (χ3n) is 5.76. The number of hydrogen-bond acceptors (Lipinski definition) is 4. The first-order chi connectivity index (χ1) is 12.6. The molecule has 6 heteroatoms. The zero-order valence-electron chi connectivity index (χ0n) is 16.5. The topological polar surface area (TPSA) is 50.6 Å². The molecule has 1 aliphatic carbocycles. The number of rotatable bonds is 6. The Labute approximate surface area is 157 Å². The van der Waals surface area contributed by atoms with E-state index in [1.54, 1.807) is 0 Å². The van der Waals surface area contributed by atoms with E-state index in [0.717, 1.165) is 63.6 Å². The van der Waals surface area contributed by atoms with Gasteiger partial charge in [-0.15, -0.1) is 0 Å². The third kappa shape index (κ3) is 5.30. The van der Waals surface area contributed by atoms with Crippen LogP contribution in [0, 0.1) is 12.8 Å². The standard InChI is InChI=1S/C20H34N4O2/c1-17-15-19(22(2)21-17)16-24(10-9-23-11-13-26-14-12-23)20(25)18-7-5-3-4-6-8-18/h15,18H,3-14,16H2,1-2H3. The lowest BCUT2D eigenvalue weighted by molar-refractivity contribution is -0.137. The molecule has 1 amide bonds. The number of carbonyl (C=O) groups excluding carboxylic acids is 1. The van der Waals surface area contributed by atoms with Crippen molar-refractivity contribution in [1.29, 1.82) is 0 Å². The van der Waals surface area contributed by atoms with Crippen molar-refractivity contribution in [3.05, 3.63) is 17.5 Å². The molecule has 0 spiro atoms. The molecule has 0 aromatic carbocycles. The van der Waals surface area contributed by atoms with Gasteiger partial charge in [-0.05, 0) is 25.8 Å². The van der Waals surface area contributed by atoms with E-state index in [9.17, 15) is 4.79 Å². The summed E-state index contributed by atoms with van der Waals surface area (Å²) in [5.74, 6) is 0.551. The molecule has 0 bridgehead atoms. The van der Waals surface area contributed by atoms with Crippen LogP contribution in [0.5, 0.6) is 0 Å². The van der Waals surface area contributed by atoms with Gasteiger partial charge in [0.15, 0.2) is 0 Å². The fourth-order valence-corrected chi connectivity index (χ4v) is 4.15. The summed E-state index contributed by atoms with van der Waals surface area (Å²) < 4.78 is 7.36. The van der Waals surface area contributed by atoms with Crippen molar-refractivity contribution in [2.24, 2.45) is 13.0 Å². The predicted octanol–water partition coefficient (Wildman–Crippen LogP) is 2.36. The summed E-state index contributed by atoms with van der Waals surface area (Å²) in [6.45, 7) is 7.94. The average Bonchev–Trinajstić information content (AvgIpc) is 2.83. The smallest absolute Gasteiger partial charge is 0.226 e. The summed E-state index contributed by atoms with van der Waals surface area (Å²) in [5.41, 5.74) is 2.13. The van der Waals surface area contributed by atoms with E-state index in [0.29, 0.717) is 12.5 Å². The highest BCUT2D eigenvalue weighted by molar-refractivity contribution is 5.78. The van der Waals surface area contributed by atoms with Gasteiger partial charge < -0.3 is 9.64 Å². The van der Waals surface area contributed by atoms with Gasteiger partial charge in [-0.3, -0.25) is 14.4 Å². The Morgan fingerprint density at radius 3 is 2.54 bits per heavy atom. The van der Waals surface area contributed by atoms with Crippen molar-refractivity contribution in [2.75, 3.05) is 39.4 Å². The van der Waals surface area contributed by atoms with E-state index in [4.69, 9.17) is 4.74 Å². The molecule has 146 valence electrons. The average molecular weight is 363 g/mol. The summed E-state index contributed by atoms with van der Waals surface area (Å²) >= 11 is 0. The molecule has 1 aliphatic heterocycles. The molecule has 1 aromatic heterocycles. The lowest BCUT2D eigenvalue weighted by Crippen LogP contribution is -2.44. The van der Waals surface area contributed by atoms with Crippen molar-refractivity contribution >= 4 is 5.91 Å². The summed E-state index contributed by atoms with van der Waals surface area (Å²) in [6, 6.07) is 2.10. The molecule has 3 rings (SSSR count). The molecule has 2 fully saturated rings. The molecule has 1 aromatic rings. The van der Waals surface area contributed by atoms with Crippen molar-refractivity contribution in [3.63, 3.8) is 0 Å². The van der Waals surface area contributed by atoms with Crippen LogP contribution in [-0.2, 0) is 23.1 Å². The lowest BCUT2D eigenvalue weighted by atomic mass is 9.98. The van der Waals surface area contributed by atoms with Gasteiger partial charge in [0.05, 0.1) is 31.1 Å². The molecular formula is C20H34N4O2. The quantitative estimate of drug-likeness (QED) is 0.729. The van der Waals surface area contributed by atoms with Gasteiger partial charge in [-0.1, -0.05) is 25.7 Å². The number of nitrogens with zero attached hydrogens (tertiary/aromatic N) is 4. The molecule has 0 atom stereocenters. The fourth-order valence-electron chi connectivity index (χ4n) is 4.15. The molecule has 1 saturated heterocycles. The van der Waals surface area contributed by atoms with Gasteiger partial charge in [-0.25, -0.2) is 0 Å². The fraction of sp³-hybridized carbons (Fsp3) is 0.800. The van der Waals surface area contributed by atoms with Gasteiger partial charge in [0.2, 0.25) is 5.91 Å². The van der Waals surface area contributed by atoms with Crippen LogP contribution in [0.3, 0.4) is 0 Å². The van der Waals surface area contributed by atoms with Gasteiger partial charge in [0.25, 0.3) is 0 Å². The normalized spacial score (nSPS) is 20.1. The van der Waals surface area contributed by atoms with E-state index in [-0.39, 0.29) is 5.92 Å². The monoisotopic (exact) mass is 362 g/mol. The maximum atomic E-state index is 13.3. The first-order valence-electron chi connectivity index (χ1n) is 10.2. The lowest BCUT2D eigenvalue weighted by Gasteiger charge is -2.31. The molecule has 26 heavy (non-hydrogen) atoms. The van der Waals surface area contributed by atoms with Crippen molar-refractivity contribution in [2.45, 2.75) is 52.0 Å². The zero-order chi connectivity index (χ0) is 18.4. The minimum atomic E-state index is 0.205. The van der Waals surface area contributed by atoms with Crippen LogP contribution in [0.4, 0.5) is 0 Å². The Bertz CT molecular complexity index is 572. The molecule has 2 heterocycles. The van der Waals surface area contributed by atoms with Crippen LogP contribution in [-0.4, -0.2) is 64.9 Å². The number of ether oxygens (including phenoxy) is 1. The van der Waals surface area contributed by atoms with E-state index in [1.807, 2.05) is 18.7 Å². The van der Waals surface area contributed by atoms with Crippen LogP contribution in [0.1, 0.15) is 49.9 Å². The largest absolute Gasteiger partial charge is 0.379 e. The van der Waals surface area contributed by atoms with Gasteiger partial charge in [0, 0.05) is 39.1 Å². The first kappa shape index (κ1) is 19.4. The first-order valence-corrected chi connectivity index (χ1v) is 10.2. The highest BCUT2D eigenvalue weighted by Crippen LogP contribution is 2.25. The predicted molar refractivity (Wildman–Crippen MR) is 102 cm³/mol. The molecule has 6 nitrogen and oxygen atoms in total. The number of carbonyl (C=O) groups is 1. The molecular weight excluding hydrogens is 328 g/mol. The number of amides is 1. The third-order valence-corrected chi connectivity index (χ3v) is 5.76. The Morgan fingerprint density at radius 1 is 1.23 bits per heavy atom. The van der Waals surface area contributed by atoms with Gasteiger partial charge in [-0.2, -0.15) is 5.10 Å². The molecule has 0 unspecified atom stereocenters. The Morgan fingerprint density at radius 2 is 1.92 bits per heavy atom. The summed E-state index contributed by atoms with van der Waals surface area (Å²) in [6.07, 6.45) is 7.04. The Balaban J connectivity index is 1.66. The second-order valence-corrected chi connectivity index (χ2v) is 7.80. The number of aryl methyl sites for hydroxylation is 2. The van der Waals surface area contributed by atoms with Crippen molar-refractivity contribution in [3.8, 4) is 0 Å². The molecule has 0 N–H and O–H groups in total.